The quantitative estimate of drug-likeness (QED) is 0.191. The third-order valence-corrected chi connectivity index (χ3v) is 13.1. The van der Waals surface area contributed by atoms with Gasteiger partial charge in [-0.15, -0.1) is 0 Å². The van der Waals surface area contributed by atoms with Crippen LogP contribution >= 0.6 is 0 Å². The SMILES string of the molecule is CCC(C)(C)C.CCC(C)C.CCCC(C)C.COC(C)(C)C.Cc1cc(C)cc(C)c1.Cc1ccc(C(=O)O)cc1.Cc1ccc(C)c(C)c1.Cc1ccc(C)cc1.Cc1cccc(C)c1C.Cc1ccccc1.Cc1ccccc1C. The summed E-state index contributed by atoms with van der Waals surface area (Å²) in [5.74, 6) is 0.907. The summed E-state index contributed by atoms with van der Waals surface area (Å²) in [6.07, 6.45) is 5.28. The van der Waals surface area contributed by atoms with Crippen molar-refractivity contribution < 1.29 is 14.6 Å². The molecule has 7 aromatic rings. The van der Waals surface area contributed by atoms with Crippen molar-refractivity contribution in [2.24, 2.45) is 17.3 Å². The van der Waals surface area contributed by atoms with Crippen LogP contribution in [0, 0.1) is 121 Å². The van der Waals surface area contributed by atoms with Gasteiger partial charge in [-0.3, -0.25) is 0 Å². The molecule has 462 valence electrons. The minimum atomic E-state index is -0.875. The van der Waals surface area contributed by atoms with Crippen LogP contribution in [0.5, 0.6) is 0 Å². The maximum atomic E-state index is 10.3. The fourth-order valence-corrected chi connectivity index (χ4v) is 6.10. The van der Waals surface area contributed by atoms with Crippen LogP contribution in [0.25, 0.3) is 0 Å². The maximum absolute atomic E-state index is 10.3. The standard InChI is InChI=1S/3C9H12.C8H8O2.2C8H10.C7H8.2C6H14.C5H12O.C5H12/c1-7-4-8(2)6-9(3)5-7;1-7-4-5-8(2)9(3)6-7;1-7-5-4-6-8(2)9(7)3;1-6-2-4-7(5-3-6)8(9)10;1-7-3-5-8(2)6-4-7;1-7-5-3-4-6-8(7)2;1-7-5-3-2-4-6-7;1-5-6(2,3)4;1-4-5-6(2)3;1-5(2,3)6-4;1-4-5(2)3/h3*4-6H,1-3H3;2-5H,1H3,(H,9,10);2*3-6H,1-2H3;2-6H,1H3;5H2,1-4H3;6H,4-5H2,1-3H3;1-4H3;5H,4H2,1-3H3. The molecule has 0 radical (unpaired) electrons. The lowest BCUT2D eigenvalue weighted by molar-refractivity contribution is 0.0397. The van der Waals surface area contributed by atoms with Crippen LogP contribution < -0.4 is 0 Å². The number of ether oxygens (including phenoxy) is 1. The van der Waals surface area contributed by atoms with Crippen molar-refractivity contribution in [3.8, 4) is 0 Å². The van der Waals surface area contributed by atoms with Crippen molar-refractivity contribution in [2.75, 3.05) is 7.11 Å². The van der Waals surface area contributed by atoms with E-state index >= 15 is 0 Å². The van der Waals surface area contributed by atoms with Gasteiger partial charge in [-0.1, -0.05) is 285 Å². The number of hydrogen-bond donors (Lipinski definition) is 1. The van der Waals surface area contributed by atoms with Crippen LogP contribution in [0.2, 0.25) is 0 Å². The summed E-state index contributed by atoms with van der Waals surface area (Å²) in [6, 6.07) is 53.3. The Hall–Kier alpha value is -6.03. The van der Waals surface area contributed by atoms with Crippen molar-refractivity contribution in [1.82, 2.24) is 0 Å². The second kappa shape index (κ2) is 48.4. The molecule has 0 saturated carbocycles. The molecule has 7 rings (SSSR count). The van der Waals surface area contributed by atoms with Gasteiger partial charge in [0.2, 0.25) is 0 Å². The van der Waals surface area contributed by atoms with Crippen LogP contribution in [-0.4, -0.2) is 23.8 Å². The van der Waals surface area contributed by atoms with Gasteiger partial charge < -0.3 is 9.84 Å². The molecule has 0 spiro atoms. The molecule has 7 aromatic carbocycles. The van der Waals surface area contributed by atoms with Crippen LogP contribution in [0.3, 0.4) is 0 Å². The Labute approximate surface area is 514 Å². The van der Waals surface area contributed by atoms with Gasteiger partial charge in [0.05, 0.1) is 11.2 Å². The molecule has 0 aromatic heterocycles. The topological polar surface area (TPSA) is 46.5 Å². The molecular formula is C80H124O3. The lowest BCUT2D eigenvalue weighted by Crippen LogP contribution is -2.15. The molecule has 0 amide bonds. The number of hydrogen-bond acceptors (Lipinski definition) is 2. The van der Waals surface area contributed by atoms with Gasteiger partial charge in [-0.05, 0) is 193 Å². The van der Waals surface area contributed by atoms with Gasteiger partial charge in [-0.2, -0.15) is 0 Å². The highest BCUT2D eigenvalue weighted by atomic mass is 16.5. The van der Waals surface area contributed by atoms with E-state index in [1.807, 2.05) is 45.9 Å². The Morgan fingerprint density at radius 2 is 0.699 bits per heavy atom. The van der Waals surface area contributed by atoms with Gasteiger partial charge in [-0.25, -0.2) is 4.79 Å². The van der Waals surface area contributed by atoms with Crippen LogP contribution in [-0.2, 0) is 4.74 Å². The summed E-state index contributed by atoms with van der Waals surface area (Å²) < 4.78 is 4.94. The number of rotatable bonds is 4. The molecule has 0 fully saturated rings. The van der Waals surface area contributed by atoms with Crippen molar-refractivity contribution in [3.05, 3.63) is 247 Å². The Kier molecular flexibility index (Phi) is 48.6. The summed E-state index contributed by atoms with van der Waals surface area (Å²) in [5, 5.41) is 8.48. The molecule has 0 aliphatic carbocycles. The highest BCUT2D eigenvalue weighted by Crippen LogP contribution is 2.16. The van der Waals surface area contributed by atoms with Gasteiger partial charge in [0.15, 0.2) is 0 Å². The first-order valence-electron chi connectivity index (χ1n) is 30.5. The largest absolute Gasteiger partial charge is 0.478 e. The number of aromatic carboxylic acids is 1. The number of carbonyl (C=O) groups is 1. The number of benzene rings is 7. The highest BCUT2D eigenvalue weighted by molar-refractivity contribution is 5.87. The second-order valence-electron chi connectivity index (χ2n) is 25.0. The van der Waals surface area contributed by atoms with Crippen molar-refractivity contribution in [2.45, 2.75) is 225 Å². The predicted octanol–water partition coefficient (Wildman–Crippen LogP) is 24.5. The van der Waals surface area contributed by atoms with E-state index in [4.69, 9.17) is 9.84 Å². The van der Waals surface area contributed by atoms with E-state index in [0.29, 0.717) is 11.0 Å². The lowest BCUT2D eigenvalue weighted by atomic mass is 9.94. The zero-order valence-corrected chi connectivity index (χ0v) is 58.8. The molecule has 1 N–H and O–H groups in total. The van der Waals surface area contributed by atoms with E-state index in [2.05, 4.69) is 281 Å². The van der Waals surface area contributed by atoms with Crippen molar-refractivity contribution >= 4 is 5.97 Å². The van der Waals surface area contributed by atoms with E-state index in [1.165, 1.54) is 104 Å². The van der Waals surface area contributed by atoms with E-state index in [9.17, 15) is 4.79 Å². The van der Waals surface area contributed by atoms with E-state index in [1.54, 1.807) is 31.4 Å². The van der Waals surface area contributed by atoms with E-state index < -0.39 is 5.97 Å². The normalized spacial score (nSPS) is 9.82. The first kappa shape index (κ1) is 83.4. The summed E-state index contributed by atoms with van der Waals surface area (Å²) >= 11 is 0. The molecule has 3 heteroatoms. The number of carboxylic acid groups (broad SMARTS) is 1. The van der Waals surface area contributed by atoms with Crippen LogP contribution in [0.4, 0.5) is 0 Å². The van der Waals surface area contributed by atoms with E-state index in [-0.39, 0.29) is 5.60 Å². The highest BCUT2D eigenvalue weighted by Gasteiger charge is 2.04. The van der Waals surface area contributed by atoms with Crippen molar-refractivity contribution in [1.29, 1.82) is 0 Å². The van der Waals surface area contributed by atoms with Crippen molar-refractivity contribution in [3.63, 3.8) is 0 Å². The molecule has 0 bridgehead atoms. The minimum Gasteiger partial charge on any atom is -0.478 e. The Morgan fingerprint density at radius 1 is 0.398 bits per heavy atom. The first-order valence-corrected chi connectivity index (χ1v) is 30.5. The average Bonchev–Trinajstić information content (AvgIpc) is 3.40. The third kappa shape index (κ3) is 55.0. The molecule has 0 heterocycles. The van der Waals surface area contributed by atoms with Gasteiger partial charge in [0, 0.05) is 7.11 Å². The Balaban J connectivity index is -0.000000416. The molecule has 83 heavy (non-hydrogen) atoms. The zero-order valence-electron chi connectivity index (χ0n) is 58.8. The van der Waals surface area contributed by atoms with Gasteiger partial charge >= 0.3 is 5.97 Å². The summed E-state index contributed by atoms with van der Waals surface area (Å²) in [5.41, 5.74) is 21.1. The van der Waals surface area contributed by atoms with Crippen LogP contribution in [0.1, 0.15) is 210 Å². The molecular weight excluding hydrogens is 1010 g/mol. The number of carboxylic acids is 1. The van der Waals surface area contributed by atoms with E-state index in [0.717, 1.165) is 17.4 Å². The fourth-order valence-electron chi connectivity index (χ4n) is 6.10. The molecule has 0 unspecified atom stereocenters. The molecule has 0 atom stereocenters. The first-order chi connectivity index (χ1) is 38.4. The summed E-state index contributed by atoms with van der Waals surface area (Å²) in [6.45, 7) is 60.0. The Bertz CT molecular complexity index is 2530. The second-order valence-corrected chi connectivity index (χ2v) is 25.0. The smallest absolute Gasteiger partial charge is 0.335 e. The van der Waals surface area contributed by atoms with Gasteiger partial charge in [0.25, 0.3) is 0 Å². The summed E-state index contributed by atoms with van der Waals surface area (Å²) in [4.78, 5) is 10.3. The maximum Gasteiger partial charge on any atom is 0.335 e. The fraction of sp³-hybridized carbons (Fsp3) is 0.463. The third-order valence-electron chi connectivity index (χ3n) is 13.1. The number of methoxy groups -OCH3 is 1. The van der Waals surface area contributed by atoms with Gasteiger partial charge in [0.1, 0.15) is 0 Å². The average molecular weight is 1130 g/mol. The zero-order chi connectivity index (χ0) is 64.9. The minimum absolute atomic E-state index is 0.0417. The lowest BCUT2D eigenvalue weighted by Gasteiger charge is -2.14. The molecule has 3 nitrogen and oxygen atoms in total. The molecule has 0 saturated heterocycles. The Morgan fingerprint density at radius 3 is 0.916 bits per heavy atom. The number of aryl methyl sites for hydroxylation is 14. The van der Waals surface area contributed by atoms with Crippen LogP contribution in [0.15, 0.2) is 158 Å². The molecule has 0 aliphatic heterocycles. The summed E-state index contributed by atoms with van der Waals surface area (Å²) in [7, 11) is 1.71. The predicted molar refractivity (Wildman–Crippen MR) is 374 cm³/mol. The molecule has 0 aliphatic rings. The monoisotopic (exact) mass is 1130 g/mol.